The number of ether oxygens (including phenoxy) is 2. The number of piperazine rings is 1. The maximum Gasteiger partial charge on any atom is 0.231 e. The Kier molecular flexibility index (Phi) is 5.92. The summed E-state index contributed by atoms with van der Waals surface area (Å²) < 4.78 is 10.9. The number of rotatable bonds is 7. The molecular weight excluding hydrogens is 354 g/mol. The Morgan fingerprint density at radius 2 is 1.75 bits per heavy atom. The van der Waals surface area contributed by atoms with E-state index in [0.717, 1.165) is 80.9 Å². The van der Waals surface area contributed by atoms with Crippen molar-refractivity contribution in [2.24, 2.45) is 0 Å². The van der Waals surface area contributed by atoms with Crippen molar-refractivity contribution in [3.63, 3.8) is 0 Å². The fraction of sp³-hybridized carbons (Fsp3) is 0.524. The van der Waals surface area contributed by atoms with Crippen LogP contribution in [-0.4, -0.2) is 78.9 Å². The Labute approximate surface area is 166 Å². The average Bonchev–Trinajstić information content (AvgIpc) is 3.23. The highest BCUT2D eigenvalue weighted by atomic mass is 16.7. The van der Waals surface area contributed by atoms with E-state index in [-0.39, 0.29) is 6.79 Å². The third-order valence-corrected chi connectivity index (χ3v) is 5.64. The molecule has 0 aliphatic carbocycles. The first-order valence-corrected chi connectivity index (χ1v) is 10.2. The lowest BCUT2D eigenvalue weighted by atomic mass is 10.1. The number of hydrogen-bond acceptors (Lipinski definition) is 7. The summed E-state index contributed by atoms with van der Waals surface area (Å²) in [7, 11) is 0. The van der Waals surface area contributed by atoms with Gasteiger partial charge in [-0.2, -0.15) is 0 Å². The minimum atomic E-state index is 0.284. The second-order valence-corrected chi connectivity index (χ2v) is 7.19. The highest BCUT2D eigenvalue weighted by Gasteiger charge is 2.20. The smallest absolute Gasteiger partial charge is 0.231 e. The van der Waals surface area contributed by atoms with E-state index in [9.17, 15) is 0 Å². The number of fused-ring (bicyclic) bond motifs is 1. The van der Waals surface area contributed by atoms with E-state index >= 15 is 0 Å². The minimum absolute atomic E-state index is 0.284. The van der Waals surface area contributed by atoms with Crippen LogP contribution in [0.5, 0.6) is 11.5 Å². The first-order valence-electron chi connectivity index (χ1n) is 10.2. The Hall–Kier alpha value is -2.38. The molecule has 0 bridgehead atoms. The molecule has 1 saturated heterocycles. The van der Waals surface area contributed by atoms with Crippen LogP contribution in [0.15, 0.2) is 30.6 Å². The van der Waals surface area contributed by atoms with E-state index in [2.05, 4.69) is 44.6 Å². The number of aromatic nitrogens is 2. The van der Waals surface area contributed by atoms with Crippen LogP contribution in [-0.2, 0) is 0 Å². The van der Waals surface area contributed by atoms with Crippen molar-refractivity contribution in [2.45, 2.75) is 13.8 Å². The molecule has 7 nitrogen and oxygen atoms in total. The fourth-order valence-electron chi connectivity index (χ4n) is 3.76. The second kappa shape index (κ2) is 8.75. The molecule has 0 radical (unpaired) electrons. The largest absolute Gasteiger partial charge is 0.454 e. The molecule has 3 heterocycles. The van der Waals surface area contributed by atoms with Crippen LogP contribution in [0, 0.1) is 0 Å². The van der Waals surface area contributed by atoms with E-state index in [4.69, 9.17) is 9.47 Å². The van der Waals surface area contributed by atoms with Crippen LogP contribution < -0.4 is 14.4 Å². The third kappa shape index (κ3) is 4.20. The number of nitrogens with zero attached hydrogens (tertiary/aromatic N) is 5. The first-order chi connectivity index (χ1) is 13.8. The maximum atomic E-state index is 5.49. The summed E-state index contributed by atoms with van der Waals surface area (Å²) in [4.78, 5) is 16.4. The zero-order valence-electron chi connectivity index (χ0n) is 16.8. The zero-order chi connectivity index (χ0) is 19.3. The minimum Gasteiger partial charge on any atom is -0.454 e. The lowest BCUT2D eigenvalue weighted by molar-refractivity contribution is 0.174. The Morgan fingerprint density at radius 1 is 0.964 bits per heavy atom. The van der Waals surface area contributed by atoms with Gasteiger partial charge in [-0.15, -0.1) is 0 Å². The van der Waals surface area contributed by atoms with Gasteiger partial charge in [0.25, 0.3) is 0 Å². The van der Waals surface area contributed by atoms with Crippen molar-refractivity contribution in [1.82, 2.24) is 19.8 Å². The molecule has 0 atom stereocenters. The van der Waals surface area contributed by atoms with E-state index < -0.39 is 0 Å². The summed E-state index contributed by atoms with van der Waals surface area (Å²) in [6.45, 7) is 13.4. The van der Waals surface area contributed by atoms with Crippen molar-refractivity contribution < 1.29 is 9.47 Å². The van der Waals surface area contributed by atoms with E-state index in [1.54, 1.807) is 6.33 Å². The van der Waals surface area contributed by atoms with Crippen LogP contribution in [0.25, 0.3) is 11.3 Å². The van der Waals surface area contributed by atoms with Gasteiger partial charge >= 0.3 is 0 Å². The molecule has 28 heavy (non-hydrogen) atoms. The monoisotopic (exact) mass is 383 g/mol. The number of benzene rings is 1. The van der Waals surface area contributed by atoms with E-state index in [1.165, 1.54) is 0 Å². The second-order valence-electron chi connectivity index (χ2n) is 7.19. The van der Waals surface area contributed by atoms with Crippen LogP contribution >= 0.6 is 0 Å². The molecule has 2 aromatic rings. The van der Waals surface area contributed by atoms with Crippen molar-refractivity contribution >= 4 is 5.82 Å². The molecule has 0 saturated carbocycles. The molecule has 1 fully saturated rings. The summed E-state index contributed by atoms with van der Waals surface area (Å²) >= 11 is 0. The quantitative estimate of drug-likeness (QED) is 0.727. The van der Waals surface area contributed by atoms with E-state index in [1.807, 2.05) is 18.2 Å². The topological polar surface area (TPSA) is 54.0 Å². The van der Waals surface area contributed by atoms with Gasteiger partial charge in [-0.3, -0.25) is 4.90 Å². The fourth-order valence-corrected chi connectivity index (χ4v) is 3.76. The van der Waals surface area contributed by atoms with Gasteiger partial charge in [0, 0.05) is 50.9 Å². The summed E-state index contributed by atoms with van der Waals surface area (Å²) in [5, 5.41) is 0. The molecular formula is C21H29N5O2. The highest BCUT2D eigenvalue weighted by molar-refractivity contribution is 5.66. The molecule has 0 N–H and O–H groups in total. The van der Waals surface area contributed by atoms with Crippen molar-refractivity contribution in [2.75, 3.05) is 64.1 Å². The Balaban J connectivity index is 1.38. The predicted octanol–water partition coefficient (Wildman–Crippen LogP) is 2.34. The van der Waals surface area contributed by atoms with E-state index in [0.29, 0.717) is 0 Å². The highest BCUT2D eigenvalue weighted by Crippen LogP contribution is 2.35. The number of hydrogen-bond donors (Lipinski definition) is 0. The van der Waals surface area contributed by atoms with Crippen molar-refractivity contribution in [1.29, 1.82) is 0 Å². The third-order valence-electron chi connectivity index (χ3n) is 5.64. The Bertz CT molecular complexity index is 788. The number of likely N-dealkylation sites (N-methyl/N-ethyl adjacent to an activating group) is 1. The standard InChI is InChI=1S/C21H29N5O2/c1-3-24(4-2)7-8-25-9-11-26(12-10-25)21-14-18(22-15-23-21)17-5-6-19-20(13-17)28-16-27-19/h5-6,13-15H,3-4,7-12,16H2,1-2H3. The van der Waals surface area contributed by atoms with Gasteiger partial charge in [0.1, 0.15) is 12.1 Å². The first kappa shape index (κ1) is 19.0. The zero-order valence-corrected chi connectivity index (χ0v) is 16.8. The summed E-state index contributed by atoms with van der Waals surface area (Å²) in [6, 6.07) is 8.02. The molecule has 1 aromatic carbocycles. The van der Waals surface area contributed by atoms with Crippen molar-refractivity contribution in [3.05, 3.63) is 30.6 Å². The van der Waals surface area contributed by atoms with Gasteiger partial charge in [0.05, 0.1) is 5.69 Å². The SMILES string of the molecule is CCN(CC)CCN1CCN(c2cc(-c3ccc4c(c3)OCO4)ncn2)CC1. The Morgan fingerprint density at radius 3 is 2.54 bits per heavy atom. The lowest BCUT2D eigenvalue weighted by Gasteiger charge is -2.36. The summed E-state index contributed by atoms with van der Waals surface area (Å²) in [5.74, 6) is 2.56. The predicted molar refractivity (Wildman–Crippen MR) is 110 cm³/mol. The van der Waals surface area contributed by atoms with Crippen LogP contribution in [0.1, 0.15) is 13.8 Å². The van der Waals surface area contributed by atoms with Gasteiger partial charge in [0.15, 0.2) is 11.5 Å². The van der Waals surface area contributed by atoms with Crippen LogP contribution in [0.4, 0.5) is 5.82 Å². The average molecular weight is 383 g/mol. The molecule has 2 aliphatic rings. The molecule has 150 valence electrons. The molecule has 0 amide bonds. The molecule has 0 unspecified atom stereocenters. The molecule has 7 heteroatoms. The summed E-state index contributed by atoms with van der Waals surface area (Å²) in [6.07, 6.45) is 1.65. The molecule has 2 aliphatic heterocycles. The van der Waals surface area contributed by atoms with Crippen molar-refractivity contribution in [3.8, 4) is 22.8 Å². The maximum absolute atomic E-state index is 5.49. The summed E-state index contributed by atoms with van der Waals surface area (Å²) in [5.41, 5.74) is 1.93. The van der Waals surface area contributed by atoms with Gasteiger partial charge in [-0.05, 0) is 31.3 Å². The lowest BCUT2D eigenvalue weighted by Crippen LogP contribution is -2.48. The number of anilines is 1. The molecule has 1 aromatic heterocycles. The van der Waals surface area contributed by atoms with Gasteiger partial charge in [-0.25, -0.2) is 9.97 Å². The molecule has 0 spiro atoms. The van der Waals surface area contributed by atoms with Gasteiger partial charge in [0.2, 0.25) is 6.79 Å². The van der Waals surface area contributed by atoms with Crippen LogP contribution in [0.2, 0.25) is 0 Å². The molecule has 4 rings (SSSR count). The normalized spacial score (nSPS) is 16.8. The van der Waals surface area contributed by atoms with Gasteiger partial charge in [-0.1, -0.05) is 13.8 Å². The van der Waals surface area contributed by atoms with Gasteiger partial charge < -0.3 is 19.3 Å². The van der Waals surface area contributed by atoms with Crippen LogP contribution in [0.3, 0.4) is 0 Å².